The van der Waals surface area contributed by atoms with Gasteiger partial charge in [0.1, 0.15) is 5.82 Å². The van der Waals surface area contributed by atoms with Crippen LogP contribution in [0.2, 0.25) is 0 Å². The second kappa shape index (κ2) is 3.34. The van der Waals surface area contributed by atoms with Crippen molar-refractivity contribution in [2.45, 2.75) is 0 Å². The Balaban J connectivity index is 1.96. The van der Waals surface area contributed by atoms with E-state index in [2.05, 4.69) is 15.3 Å². The summed E-state index contributed by atoms with van der Waals surface area (Å²) in [6.07, 6.45) is 8.31. The monoisotopic (exact) mass is 215 g/mol. The molecule has 0 atom stereocenters. The number of nitrogens with one attached hydrogen (secondary N) is 1. The van der Waals surface area contributed by atoms with Gasteiger partial charge in [-0.2, -0.15) is 5.01 Å². The van der Waals surface area contributed by atoms with Crippen LogP contribution in [-0.4, -0.2) is 27.4 Å². The van der Waals surface area contributed by atoms with Gasteiger partial charge in [-0.25, -0.2) is 15.0 Å². The van der Waals surface area contributed by atoms with Gasteiger partial charge in [-0.15, -0.1) is 0 Å². The Hall–Kier alpha value is -2.37. The molecular formula is C10H9N5O. The molecule has 0 radical (unpaired) electrons. The first-order valence-electron chi connectivity index (χ1n) is 4.88. The third-order valence-electron chi connectivity index (χ3n) is 2.38. The van der Waals surface area contributed by atoms with Gasteiger partial charge in [0.25, 0.3) is 5.91 Å². The Morgan fingerprint density at radius 2 is 2.12 bits per heavy atom. The lowest BCUT2D eigenvalue weighted by atomic mass is 10.4. The molecule has 0 bridgehead atoms. The molecule has 3 heterocycles. The van der Waals surface area contributed by atoms with Crippen molar-refractivity contribution in [3.63, 3.8) is 0 Å². The molecule has 0 fully saturated rings. The third kappa shape index (κ3) is 1.23. The van der Waals surface area contributed by atoms with Crippen LogP contribution >= 0.6 is 0 Å². The first kappa shape index (κ1) is 8.90. The first-order valence-corrected chi connectivity index (χ1v) is 4.88. The lowest BCUT2D eigenvalue weighted by Crippen LogP contribution is -2.46. The summed E-state index contributed by atoms with van der Waals surface area (Å²) >= 11 is 0. The molecule has 0 saturated heterocycles. The van der Waals surface area contributed by atoms with E-state index in [0.29, 0.717) is 12.5 Å². The number of rotatable bonds is 1. The number of aromatic nitrogens is 2. The summed E-state index contributed by atoms with van der Waals surface area (Å²) in [6, 6.07) is 1.74. The average Bonchev–Trinajstić information content (AvgIpc) is 2.75. The molecule has 2 aliphatic rings. The Morgan fingerprint density at radius 1 is 1.31 bits per heavy atom. The van der Waals surface area contributed by atoms with Gasteiger partial charge in [-0.05, 0) is 12.1 Å². The van der Waals surface area contributed by atoms with E-state index in [1.54, 1.807) is 29.7 Å². The van der Waals surface area contributed by atoms with Gasteiger partial charge in [-0.3, -0.25) is 4.79 Å². The zero-order valence-electron chi connectivity index (χ0n) is 8.37. The summed E-state index contributed by atoms with van der Waals surface area (Å²) in [5.41, 5.74) is 0. The fourth-order valence-corrected chi connectivity index (χ4v) is 1.69. The van der Waals surface area contributed by atoms with Gasteiger partial charge in [0.15, 0.2) is 0 Å². The second-order valence-electron chi connectivity index (χ2n) is 3.35. The van der Waals surface area contributed by atoms with Gasteiger partial charge in [0, 0.05) is 24.7 Å². The van der Waals surface area contributed by atoms with Gasteiger partial charge < -0.3 is 5.32 Å². The van der Waals surface area contributed by atoms with E-state index in [1.165, 1.54) is 11.1 Å². The summed E-state index contributed by atoms with van der Waals surface area (Å²) in [5, 5.41) is 6.24. The SMILES string of the molecule is O=C1C=CNC2=CCN(c3ncccn3)N12. The standard InChI is InChI=1S/C10H9N5O/c16-9-2-6-11-8-3-7-14(15(8)9)10-12-4-1-5-13-10/h1-6,11H,7H2. The minimum Gasteiger partial charge on any atom is -0.347 e. The molecule has 0 unspecified atom stereocenters. The first-order chi connectivity index (χ1) is 7.86. The maximum atomic E-state index is 11.7. The highest BCUT2D eigenvalue weighted by molar-refractivity contribution is 5.91. The Kier molecular flexibility index (Phi) is 1.86. The quantitative estimate of drug-likeness (QED) is 0.714. The number of fused-ring (bicyclic) bond motifs is 1. The lowest BCUT2D eigenvalue weighted by molar-refractivity contribution is -0.125. The Labute approximate surface area is 91.9 Å². The molecule has 0 spiro atoms. The topological polar surface area (TPSA) is 61.4 Å². The summed E-state index contributed by atoms with van der Waals surface area (Å²) in [6.45, 7) is 0.583. The van der Waals surface area contributed by atoms with Crippen molar-refractivity contribution in [2.24, 2.45) is 0 Å². The van der Waals surface area contributed by atoms with Gasteiger partial charge >= 0.3 is 0 Å². The average molecular weight is 215 g/mol. The van der Waals surface area contributed by atoms with E-state index in [0.717, 1.165) is 5.82 Å². The molecule has 16 heavy (non-hydrogen) atoms. The predicted octanol–water partition coefficient (Wildman–Crippen LogP) is -0.00150. The number of carbonyl (C=O) groups is 1. The number of nitrogens with zero attached hydrogens (tertiary/aromatic N) is 4. The molecule has 0 aliphatic carbocycles. The summed E-state index contributed by atoms with van der Waals surface area (Å²) in [4.78, 5) is 20.0. The molecule has 6 nitrogen and oxygen atoms in total. The molecule has 1 aromatic rings. The highest BCUT2D eigenvalue weighted by atomic mass is 16.2. The number of anilines is 1. The highest BCUT2D eigenvalue weighted by Gasteiger charge is 2.31. The molecule has 0 aromatic carbocycles. The van der Waals surface area contributed by atoms with E-state index in [1.807, 2.05) is 6.08 Å². The van der Waals surface area contributed by atoms with Crippen molar-refractivity contribution in [3.05, 3.63) is 42.6 Å². The van der Waals surface area contributed by atoms with Crippen molar-refractivity contribution < 1.29 is 4.79 Å². The van der Waals surface area contributed by atoms with Crippen LogP contribution in [0.15, 0.2) is 42.6 Å². The van der Waals surface area contributed by atoms with Crippen LogP contribution in [-0.2, 0) is 4.79 Å². The zero-order chi connectivity index (χ0) is 11.0. The molecule has 3 rings (SSSR count). The molecule has 1 amide bonds. The third-order valence-corrected chi connectivity index (χ3v) is 2.38. The number of hydrazine groups is 1. The van der Waals surface area contributed by atoms with E-state index in [4.69, 9.17) is 0 Å². The van der Waals surface area contributed by atoms with Crippen LogP contribution in [0.4, 0.5) is 5.95 Å². The fourth-order valence-electron chi connectivity index (χ4n) is 1.69. The molecule has 6 heteroatoms. The molecular weight excluding hydrogens is 206 g/mol. The number of hydrogen-bond donors (Lipinski definition) is 1. The summed E-state index contributed by atoms with van der Waals surface area (Å²) in [5.74, 6) is 1.16. The normalized spacial score (nSPS) is 18.2. The predicted molar refractivity (Wildman–Crippen MR) is 56.6 cm³/mol. The minimum absolute atomic E-state index is 0.102. The Bertz CT molecular complexity index is 481. The van der Waals surface area contributed by atoms with Crippen molar-refractivity contribution in [2.75, 3.05) is 11.6 Å². The highest BCUT2D eigenvalue weighted by Crippen LogP contribution is 2.21. The number of amides is 1. The van der Waals surface area contributed by atoms with Crippen LogP contribution in [0, 0.1) is 0 Å². The van der Waals surface area contributed by atoms with Gasteiger partial charge in [0.05, 0.1) is 6.54 Å². The lowest BCUT2D eigenvalue weighted by Gasteiger charge is -2.30. The van der Waals surface area contributed by atoms with E-state index >= 15 is 0 Å². The van der Waals surface area contributed by atoms with Gasteiger partial charge in [-0.1, -0.05) is 0 Å². The number of hydrogen-bond acceptors (Lipinski definition) is 5. The maximum Gasteiger partial charge on any atom is 0.272 e. The zero-order valence-corrected chi connectivity index (χ0v) is 8.37. The molecule has 1 aromatic heterocycles. The van der Waals surface area contributed by atoms with Crippen molar-refractivity contribution in [1.29, 1.82) is 0 Å². The summed E-state index contributed by atoms with van der Waals surface area (Å²) in [7, 11) is 0. The van der Waals surface area contributed by atoms with Crippen LogP contribution in [0.25, 0.3) is 0 Å². The van der Waals surface area contributed by atoms with E-state index in [9.17, 15) is 4.79 Å². The molecule has 1 N–H and O–H groups in total. The number of carbonyl (C=O) groups excluding carboxylic acids is 1. The van der Waals surface area contributed by atoms with Gasteiger partial charge in [0.2, 0.25) is 5.95 Å². The van der Waals surface area contributed by atoms with E-state index < -0.39 is 0 Å². The van der Waals surface area contributed by atoms with Crippen LogP contribution in [0.5, 0.6) is 0 Å². The minimum atomic E-state index is -0.102. The largest absolute Gasteiger partial charge is 0.347 e. The smallest absolute Gasteiger partial charge is 0.272 e. The van der Waals surface area contributed by atoms with Crippen molar-refractivity contribution in [3.8, 4) is 0 Å². The van der Waals surface area contributed by atoms with Crippen LogP contribution in [0.3, 0.4) is 0 Å². The second-order valence-corrected chi connectivity index (χ2v) is 3.35. The van der Waals surface area contributed by atoms with Crippen molar-refractivity contribution in [1.82, 2.24) is 20.3 Å². The van der Waals surface area contributed by atoms with Crippen molar-refractivity contribution >= 4 is 11.9 Å². The molecule has 2 aliphatic heterocycles. The molecule has 80 valence electrons. The van der Waals surface area contributed by atoms with Crippen LogP contribution in [0.1, 0.15) is 0 Å². The summed E-state index contributed by atoms with van der Waals surface area (Å²) < 4.78 is 0. The molecule has 0 saturated carbocycles. The fraction of sp³-hybridized carbons (Fsp3) is 0.100. The maximum absolute atomic E-state index is 11.7. The van der Waals surface area contributed by atoms with E-state index in [-0.39, 0.29) is 5.91 Å². The van der Waals surface area contributed by atoms with Crippen LogP contribution < -0.4 is 10.3 Å². The Morgan fingerprint density at radius 3 is 2.94 bits per heavy atom.